The van der Waals surface area contributed by atoms with Gasteiger partial charge in [0.1, 0.15) is 11.4 Å². The normalized spacial score (nSPS) is 12.9. The second-order valence-electron chi connectivity index (χ2n) is 6.47. The smallest absolute Gasteiger partial charge is 0.251 e. The third-order valence-corrected chi connectivity index (χ3v) is 4.71. The predicted molar refractivity (Wildman–Crippen MR) is 93.6 cm³/mol. The summed E-state index contributed by atoms with van der Waals surface area (Å²) in [5, 5.41) is 0. The third kappa shape index (κ3) is 2.67. The van der Waals surface area contributed by atoms with E-state index in [-0.39, 0.29) is 28.3 Å². The molecule has 1 aliphatic rings. The van der Waals surface area contributed by atoms with Crippen LogP contribution in [-0.4, -0.2) is 21.1 Å². The first-order valence-corrected chi connectivity index (χ1v) is 8.43. The van der Waals surface area contributed by atoms with Gasteiger partial charge in [0, 0.05) is 19.2 Å². The number of hydrogen-bond acceptors (Lipinski definition) is 4. The second-order valence-corrected chi connectivity index (χ2v) is 6.47. The molecule has 3 rings (SSSR count). The molecular formula is C19H20N2O4. The zero-order valence-corrected chi connectivity index (χ0v) is 14.6. The molecule has 0 bridgehead atoms. The summed E-state index contributed by atoms with van der Waals surface area (Å²) >= 11 is 0. The number of H-pyrrole nitrogens is 1. The van der Waals surface area contributed by atoms with Crippen molar-refractivity contribution in [1.29, 1.82) is 0 Å². The highest BCUT2D eigenvalue weighted by Gasteiger charge is 2.35. The van der Waals surface area contributed by atoms with Gasteiger partial charge in [-0.2, -0.15) is 0 Å². The van der Waals surface area contributed by atoms with Gasteiger partial charge in [0.2, 0.25) is 11.3 Å². The maximum Gasteiger partial charge on any atom is 0.251 e. The van der Waals surface area contributed by atoms with E-state index in [1.165, 1.54) is 23.7 Å². The summed E-state index contributed by atoms with van der Waals surface area (Å²) in [6, 6.07) is 2.76. The van der Waals surface area contributed by atoms with Gasteiger partial charge in [-0.15, -0.1) is 0 Å². The lowest BCUT2D eigenvalue weighted by Gasteiger charge is -2.23. The number of aromatic amines is 1. The van der Waals surface area contributed by atoms with Crippen LogP contribution in [0.15, 0.2) is 21.7 Å². The molecule has 130 valence electrons. The van der Waals surface area contributed by atoms with Crippen LogP contribution in [0.4, 0.5) is 0 Å². The molecule has 0 atom stereocenters. The predicted octanol–water partition coefficient (Wildman–Crippen LogP) is 1.89. The van der Waals surface area contributed by atoms with Crippen LogP contribution in [0.3, 0.4) is 0 Å². The third-order valence-electron chi connectivity index (χ3n) is 4.71. The van der Waals surface area contributed by atoms with Crippen molar-refractivity contribution in [3.63, 3.8) is 0 Å². The molecule has 2 heterocycles. The molecule has 0 unspecified atom stereocenters. The minimum absolute atomic E-state index is 0.0248. The quantitative estimate of drug-likeness (QED) is 0.735. The minimum Gasteiger partial charge on any atom is -0.318 e. The first-order chi connectivity index (χ1) is 11.9. The summed E-state index contributed by atoms with van der Waals surface area (Å²) in [5.41, 5.74) is 0.881. The maximum absolute atomic E-state index is 13.1. The topological polar surface area (TPSA) is 89.0 Å². The fourth-order valence-corrected chi connectivity index (χ4v) is 3.42. The fraction of sp³-hybridized carbons (Fsp3) is 0.368. The lowest BCUT2D eigenvalue weighted by Crippen LogP contribution is -2.35. The molecule has 0 spiro atoms. The van der Waals surface area contributed by atoms with E-state index in [2.05, 4.69) is 11.9 Å². The molecule has 0 amide bonds. The Kier molecular flexibility index (Phi) is 4.29. The summed E-state index contributed by atoms with van der Waals surface area (Å²) in [4.78, 5) is 52.5. The van der Waals surface area contributed by atoms with Crippen LogP contribution in [0.2, 0.25) is 0 Å². The molecule has 0 aromatic carbocycles. The van der Waals surface area contributed by atoms with Gasteiger partial charge in [-0.25, -0.2) is 0 Å². The van der Waals surface area contributed by atoms with Gasteiger partial charge < -0.3 is 9.55 Å². The summed E-state index contributed by atoms with van der Waals surface area (Å²) in [6.07, 6.45) is 3.41. The number of carbonyl (C=O) groups is 2. The summed E-state index contributed by atoms with van der Waals surface area (Å²) < 4.78 is 1.20. The van der Waals surface area contributed by atoms with Gasteiger partial charge >= 0.3 is 0 Å². The minimum atomic E-state index is -0.484. The SMILES string of the molecule is CCCCCc1cc(=O)n(C)c2c1C(=O)c1c(C)cc(=O)[nH]c1C2=O. The number of aryl methyl sites for hydroxylation is 2. The Hall–Kier alpha value is -2.76. The number of nitrogens with one attached hydrogen (secondary N) is 1. The first kappa shape index (κ1) is 17.1. The number of pyridine rings is 2. The van der Waals surface area contributed by atoms with Crippen LogP contribution in [0.5, 0.6) is 0 Å². The van der Waals surface area contributed by atoms with E-state index in [0.717, 1.165) is 19.3 Å². The van der Waals surface area contributed by atoms with Gasteiger partial charge in [-0.05, 0) is 30.9 Å². The van der Waals surface area contributed by atoms with E-state index in [1.54, 1.807) is 6.92 Å². The van der Waals surface area contributed by atoms with Crippen LogP contribution < -0.4 is 11.1 Å². The van der Waals surface area contributed by atoms with Crippen molar-refractivity contribution in [2.45, 2.75) is 39.5 Å². The Balaban J connectivity index is 2.29. The zero-order chi connectivity index (χ0) is 18.3. The Labute approximate surface area is 144 Å². The fourth-order valence-electron chi connectivity index (χ4n) is 3.42. The average molecular weight is 340 g/mol. The van der Waals surface area contributed by atoms with E-state index in [1.807, 2.05) is 0 Å². The number of ketones is 2. The van der Waals surface area contributed by atoms with Crippen molar-refractivity contribution in [3.05, 3.63) is 66.5 Å². The van der Waals surface area contributed by atoms with Gasteiger partial charge in [-0.3, -0.25) is 19.2 Å². The van der Waals surface area contributed by atoms with Crippen molar-refractivity contribution in [2.24, 2.45) is 7.05 Å². The van der Waals surface area contributed by atoms with Crippen molar-refractivity contribution < 1.29 is 9.59 Å². The second kappa shape index (κ2) is 6.27. The first-order valence-electron chi connectivity index (χ1n) is 8.43. The van der Waals surface area contributed by atoms with Gasteiger partial charge in [0.05, 0.1) is 11.1 Å². The highest BCUT2D eigenvalue weighted by atomic mass is 16.2. The number of aromatic nitrogens is 2. The van der Waals surface area contributed by atoms with Crippen molar-refractivity contribution in [2.75, 3.05) is 0 Å². The molecule has 0 aliphatic heterocycles. The van der Waals surface area contributed by atoms with Crippen LogP contribution in [0.25, 0.3) is 0 Å². The Morgan fingerprint density at radius 3 is 2.40 bits per heavy atom. The lowest BCUT2D eigenvalue weighted by atomic mass is 9.84. The molecule has 25 heavy (non-hydrogen) atoms. The molecule has 6 heteroatoms. The molecule has 0 saturated carbocycles. The van der Waals surface area contributed by atoms with E-state index < -0.39 is 11.3 Å². The molecule has 6 nitrogen and oxygen atoms in total. The van der Waals surface area contributed by atoms with E-state index in [0.29, 0.717) is 23.1 Å². The van der Waals surface area contributed by atoms with Crippen LogP contribution in [0.1, 0.15) is 69.4 Å². The largest absolute Gasteiger partial charge is 0.318 e. The highest BCUT2D eigenvalue weighted by molar-refractivity contribution is 6.28. The average Bonchev–Trinajstić information content (AvgIpc) is 2.55. The Morgan fingerprint density at radius 2 is 1.72 bits per heavy atom. The molecule has 1 N–H and O–H groups in total. The summed E-state index contributed by atoms with van der Waals surface area (Å²) in [6.45, 7) is 3.72. The van der Waals surface area contributed by atoms with Gasteiger partial charge in [0.15, 0.2) is 5.78 Å². The summed E-state index contributed by atoms with van der Waals surface area (Å²) in [5.74, 6) is -0.789. The van der Waals surface area contributed by atoms with E-state index >= 15 is 0 Å². The number of nitrogens with zero attached hydrogens (tertiary/aromatic N) is 1. The highest BCUT2D eigenvalue weighted by Crippen LogP contribution is 2.29. The molecule has 0 fully saturated rings. The standard InChI is InChI=1S/C19H20N2O4/c1-4-5-6-7-11-9-13(23)21(3)17-15(11)18(24)14-10(2)8-12(22)20-16(14)19(17)25/h8-9H,4-7H2,1-3H3,(H,20,22). The molecule has 2 aromatic rings. The number of fused-ring (bicyclic) bond motifs is 2. The Bertz CT molecular complexity index is 1010. The van der Waals surface area contributed by atoms with Crippen molar-refractivity contribution in [1.82, 2.24) is 9.55 Å². The molecule has 0 radical (unpaired) electrons. The lowest BCUT2D eigenvalue weighted by molar-refractivity contribution is 0.0966. The molecule has 0 saturated heterocycles. The molecule has 2 aromatic heterocycles. The van der Waals surface area contributed by atoms with Crippen LogP contribution in [-0.2, 0) is 13.5 Å². The van der Waals surface area contributed by atoms with Gasteiger partial charge in [-0.1, -0.05) is 19.8 Å². The maximum atomic E-state index is 13.1. The zero-order valence-electron chi connectivity index (χ0n) is 14.6. The molecule has 1 aliphatic carbocycles. The number of carbonyl (C=O) groups excluding carboxylic acids is 2. The van der Waals surface area contributed by atoms with E-state index in [9.17, 15) is 19.2 Å². The van der Waals surface area contributed by atoms with Crippen molar-refractivity contribution >= 4 is 11.6 Å². The van der Waals surface area contributed by atoms with Crippen molar-refractivity contribution in [3.8, 4) is 0 Å². The Morgan fingerprint density at radius 1 is 1.00 bits per heavy atom. The summed E-state index contributed by atoms with van der Waals surface area (Å²) in [7, 11) is 1.47. The van der Waals surface area contributed by atoms with Gasteiger partial charge in [0.25, 0.3) is 5.56 Å². The van der Waals surface area contributed by atoms with Crippen LogP contribution in [0, 0.1) is 6.92 Å². The molecular weight excluding hydrogens is 320 g/mol. The number of rotatable bonds is 4. The van der Waals surface area contributed by atoms with Crippen LogP contribution >= 0.6 is 0 Å². The number of unbranched alkanes of at least 4 members (excludes halogenated alkanes) is 2. The van der Waals surface area contributed by atoms with E-state index in [4.69, 9.17) is 0 Å². The number of hydrogen-bond donors (Lipinski definition) is 1. The monoisotopic (exact) mass is 340 g/mol.